The van der Waals surface area contributed by atoms with E-state index in [4.69, 9.17) is 4.52 Å². The number of carbonyl (C=O) groups is 2. The number of amides is 2. The van der Waals surface area contributed by atoms with Gasteiger partial charge in [0.1, 0.15) is 0 Å². The summed E-state index contributed by atoms with van der Waals surface area (Å²) in [5.74, 6) is 0.209. The highest BCUT2D eigenvalue weighted by molar-refractivity contribution is 5.91. The second kappa shape index (κ2) is 7.07. The Kier molecular flexibility index (Phi) is 5.15. The summed E-state index contributed by atoms with van der Waals surface area (Å²) in [6.07, 6.45) is 4.62. The molecule has 1 aliphatic rings. The molecule has 1 aromatic heterocycles. The van der Waals surface area contributed by atoms with Gasteiger partial charge in [-0.3, -0.25) is 9.59 Å². The van der Waals surface area contributed by atoms with E-state index in [2.05, 4.69) is 10.5 Å². The number of carbonyl (C=O) groups excluding carboxylic acids is 2. The van der Waals surface area contributed by atoms with Crippen molar-refractivity contribution in [3.8, 4) is 0 Å². The molecule has 0 unspecified atom stereocenters. The topological polar surface area (TPSA) is 75.4 Å². The molecule has 0 bridgehead atoms. The minimum atomic E-state index is -0.257. The predicted molar refractivity (Wildman–Crippen MR) is 73.2 cm³/mol. The summed E-state index contributed by atoms with van der Waals surface area (Å²) < 4.78 is 4.88. The lowest BCUT2D eigenvalue weighted by molar-refractivity contribution is -0.130. The van der Waals surface area contributed by atoms with E-state index in [1.54, 1.807) is 13.0 Å². The van der Waals surface area contributed by atoms with Crippen LogP contribution in [-0.2, 0) is 4.79 Å². The summed E-state index contributed by atoms with van der Waals surface area (Å²) in [6, 6.07) is 1.60. The quantitative estimate of drug-likeness (QED) is 0.829. The molecule has 1 fully saturated rings. The third-order valence-corrected chi connectivity index (χ3v) is 3.41. The Morgan fingerprint density at radius 1 is 1.45 bits per heavy atom. The minimum absolute atomic E-state index is 0.230. The predicted octanol–water partition coefficient (Wildman–Crippen LogP) is 1.51. The molecule has 20 heavy (non-hydrogen) atoms. The van der Waals surface area contributed by atoms with Crippen LogP contribution in [0.2, 0.25) is 0 Å². The van der Waals surface area contributed by atoms with Gasteiger partial charge in [0, 0.05) is 32.1 Å². The summed E-state index contributed by atoms with van der Waals surface area (Å²) in [6.45, 7) is 3.84. The van der Waals surface area contributed by atoms with Crippen molar-refractivity contribution < 1.29 is 14.1 Å². The maximum atomic E-state index is 11.8. The monoisotopic (exact) mass is 279 g/mol. The Morgan fingerprint density at radius 3 is 3.05 bits per heavy atom. The normalized spacial score (nSPS) is 16.1. The number of nitrogens with zero attached hydrogens (tertiary/aromatic N) is 2. The van der Waals surface area contributed by atoms with Crippen molar-refractivity contribution in [2.75, 3.05) is 19.6 Å². The van der Waals surface area contributed by atoms with Gasteiger partial charge in [0.15, 0.2) is 0 Å². The van der Waals surface area contributed by atoms with Crippen molar-refractivity contribution in [2.45, 2.75) is 39.0 Å². The number of aryl methyl sites for hydroxylation is 1. The highest BCUT2D eigenvalue weighted by Gasteiger charge is 2.16. The number of likely N-dealkylation sites (tertiary alicyclic amines) is 1. The van der Waals surface area contributed by atoms with Crippen LogP contribution in [0.15, 0.2) is 10.6 Å². The first-order valence-corrected chi connectivity index (χ1v) is 7.16. The molecule has 2 amide bonds. The van der Waals surface area contributed by atoms with Crippen molar-refractivity contribution >= 4 is 11.8 Å². The van der Waals surface area contributed by atoms with Crippen LogP contribution in [0, 0.1) is 6.92 Å². The Morgan fingerprint density at radius 2 is 2.30 bits per heavy atom. The van der Waals surface area contributed by atoms with Crippen molar-refractivity contribution in [2.24, 2.45) is 0 Å². The fourth-order valence-corrected chi connectivity index (χ4v) is 2.30. The first-order chi connectivity index (χ1) is 9.66. The van der Waals surface area contributed by atoms with Crippen LogP contribution in [0.3, 0.4) is 0 Å². The molecule has 110 valence electrons. The zero-order valence-corrected chi connectivity index (χ0v) is 11.9. The number of hydrogen-bond acceptors (Lipinski definition) is 4. The largest absolute Gasteiger partial charge is 0.351 e. The third kappa shape index (κ3) is 4.08. The zero-order valence-electron chi connectivity index (χ0n) is 11.9. The maximum Gasteiger partial charge on any atom is 0.289 e. The van der Waals surface area contributed by atoms with Gasteiger partial charge in [0.05, 0.1) is 5.69 Å². The molecule has 0 atom stereocenters. The van der Waals surface area contributed by atoms with E-state index in [-0.39, 0.29) is 17.6 Å². The number of aromatic nitrogens is 1. The number of rotatable bonds is 5. The summed E-state index contributed by atoms with van der Waals surface area (Å²) in [7, 11) is 0. The van der Waals surface area contributed by atoms with Gasteiger partial charge >= 0.3 is 0 Å². The van der Waals surface area contributed by atoms with Gasteiger partial charge in [0.2, 0.25) is 11.7 Å². The van der Waals surface area contributed by atoms with Crippen LogP contribution in [0.25, 0.3) is 0 Å². The summed E-state index contributed by atoms with van der Waals surface area (Å²) >= 11 is 0. The van der Waals surface area contributed by atoms with E-state index in [9.17, 15) is 9.59 Å². The fourth-order valence-electron chi connectivity index (χ4n) is 2.30. The summed E-state index contributed by atoms with van der Waals surface area (Å²) in [5, 5.41) is 6.44. The van der Waals surface area contributed by atoms with Gasteiger partial charge in [-0.2, -0.15) is 0 Å². The molecule has 0 spiro atoms. The van der Waals surface area contributed by atoms with Crippen molar-refractivity contribution in [1.82, 2.24) is 15.4 Å². The summed E-state index contributed by atoms with van der Waals surface area (Å²) in [5.41, 5.74) is 0.685. The van der Waals surface area contributed by atoms with Gasteiger partial charge < -0.3 is 14.7 Å². The van der Waals surface area contributed by atoms with Crippen molar-refractivity contribution in [3.05, 3.63) is 17.5 Å². The van der Waals surface area contributed by atoms with Crippen LogP contribution >= 0.6 is 0 Å². The third-order valence-electron chi connectivity index (χ3n) is 3.41. The van der Waals surface area contributed by atoms with Crippen LogP contribution in [0.5, 0.6) is 0 Å². The molecule has 1 saturated heterocycles. The Balaban J connectivity index is 1.68. The molecule has 2 heterocycles. The van der Waals surface area contributed by atoms with Gasteiger partial charge in [0.25, 0.3) is 5.91 Å². The second-order valence-corrected chi connectivity index (χ2v) is 5.13. The Hall–Kier alpha value is -1.85. The molecule has 6 heteroatoms. The van der Waals surface area contributed by atoms with Crippen molar-refractivity contribution in [3.63, 3.8) is 0 Å². The molecule has 1 N–H and O–H groups in total. The fraction of sp³-hybridized carbons (Fsp3) is 0.643. The van der Waals surface area contributed by atoms with Gasteiger partial charge in [-0.05, 0) is 26.2 Å². The lowest BCUT2D eigenvalue weighted by atomic mass is 10.2. The van der Waals surface area contributed by atoms with Gasteiger partial charge in [-0.25, -0.2) is 0 Å². The van der Waals surface area contributed by atoms with Gasteiger partial charge in [-0.15, -0.1) is 0 Å². The van der Waals surface area contributed by atoms with Gasteiger partial charge in [-0.1, -0.05) is 11.6 Å². The van der Waals surface area contributed by atoms with E-state index in [0.29, 0.717) is 25.2 Å². The molecular formula is C14H21N3O3. The van der Waals surface area contributed by atoms with E-state index >= 15 is 0 Å². The molecule has 1 aliphatic heterocycles. The lowest BCUT2D eigenvalue weighted by Crippen LogP contribution is -2.33. The molecule has 0 aromatic carbocycles. The number of hydrogen-bond donors (Lipinski definition) is 1. The maximum absolute atomic E-state index is 11.8. The zero-order chi connectivity index (χ0) is 14.4. The lowest BCUT2D eigenvalue weighted by Gasteiger charge is -2.20. The molecular weight excluding hydrogens is 258 g/mol. The standard InChI is InChI=1S/C14H21N3O3/c1-11-10-12(20-16-11)14(19)15-7-5-9-17-8-4-2-3-6-13(17)18/h10H,2-9H2,1H3,(H,15,19). The second-order valence-electron chi connectivity index (χ2n) is 5.13. The molecule has 0 radical (unpaired) electrons. The minimum Gasteiger partial charge on any atom is -0.351 e. The molecule has 6 nitrogen and oxygen atoms in total. The SMILES string of the molecule is Cc1cc(C(=O)NCCCN2CCCCCC2=O)on1. The number of nitrogens with one attached hydrogen (secondary N) is 1. The first-order valence-electron chi connectivity index (χ1n) is 7.16. The van der Waals surface area contributed by atoms with E-state index in [1.165, 1.54) is 0 Å². The Bertz CT molecular complexity index is 470. The summed E-state index contributed by atoms with van der Waals surface area (Å²) in [4.78, 5) is 25.4. The first kappa shape index (κ1) is 14.6. The average molecular weight is 279 g/mol. The molecule has 1 aromatic rings. The Labute approximate surface area is 118 Å². The molecule has 2 rings (SSSR count). The highest BCUT2D eigenvalue weighted by Crippen LogP contribution is 2.11. The smallest absolute Gasteiger partial charge is 0.289 e. The van der Waals surface area contributed by atoms with Crippen molar-refractivity contribution in [1.29, 1.82) is 0 Å². The molecule has 0 saturated carbocycles. The average Bonchev–Trinajstić information content (AvgIpc) is 2.76. The van der Waals surface area contributed by atoms with E-state index in [1.807, 2.05) is 4.90 Å². The van der Waals surface area contributed by atoms with E-state index < -0.39 is 0 Å². The highest BCUT2D eigenvalue weighted by atomic mass is 16.5. The van der Waals surface area contributed by atoms with Crippen LogP contribution < -0.4 is 5.32 Å². The molecule has 0 aliphatic carbocycles. The van der Waals surface area contributed by atoms with Crippen LogP contribution in [0.4, 0.5) is 0 Å². The van der Waals surface area contributed by atoms with E-state index in [0.717, 1.165) is 32.2 Å². The van der Waals surface area contributed by atoms with Crippen LogP contribution in [0.1, 0.15) is 48.4 Å². The van der Waals surface area contributed by atoms with Crippen LogP contribution in [-0.4, -0.2) is 41.5 Å².